The van der Waals surface area contributed by atoms with Crippen molar-refractivity contribution in [2.45, 2.75) is 39.7 Å². The highest BCUT2D eigenvalue weighted by molar-refractivity contribution is 4.81. The van der Waals surface area contributed by atoms with Crippen LogP contribution in [0.4, 0.5) is 0 Å². The van der Waals surface area contributed by atoms with Gasteiger partial charge in [0.05, 0.1) is 13.2 Å². The van der Waals surface area contributed by atoms with E-state index in [-0.39, 0.29) is 6.61 Å². The van der Waals surface area contributed by atoms with Crippen LogP contribution in [-0.2, 0) is 13.0 Å². The zero-order valence-corrected chi connectivity index (χ0v) is 10.1. The summed E-state index contributed by atoms with van der Waals surface area (Å²) in [5.74, 6) is 1.32. The lowest BCUT2D eigenvalue weighted by Crippen LogP contribution is -2.27. The molecule has 0 saturated heterocycles. The Hall–Kier alpha value is -0.940. The summed E-state index contributed by atoms with van der Waals surface area (Å²) < 4.78 is 5.44. The van der Waals surface area contributed by atoms with Crippen molar-refractivity contribution in [2.24, 2.45) is 0 Å². The van der Waals surface area contributed by atoms with Gasteiger partial charge in [-0.1, -0.05) is 20.3 Å². The Morgan fingerprint density at radius 3 is 2.50 bits per heavy atom. The van der Waals surface area contributed by atoms with Gasteiger partial charge in [-0.3, -0.25) is 4.90 Å². The Labute approximate surface area is 96.5 Å². The molecule has 1 aromatic heterocycles. The van der Waals surface area contributed by atoms with Crippen LogP contribution in [0.5, 0.6) is 0 Å². The Morgan fingerprint density at radius 1 is 1.19 bits per heavy atom. The van der Waals surface area contributed by atoms with Crippen molar-refractivity contribution in [3.8, 4) is 0 Å². The van der Waals surface area contributed by atoms with E-state index in [0.717, 1.165) is 25.8 Å². The van der Waals surface area contributed by atoms with Crippen LogP contribution < -0.4 is 0 Å². The van der Waals surface area contributed by atoms with Crippen molar-refractivity contribution in [2.75, 3.05) is 19.7 Å². The number of aliphatic hydroxyl groups is 1. The Morgan fingerprint density at radius 2 is 1.94 bits per heavy atom. The lowest BCUT2D eigenvalue weighted by Gasteiger charge is -2.18. The fourth-order valence-electron chi connectivity index (χ4n) is 1.48. The predicted octanol–water partition coefficient (Wildman–Crippen LogP) is 1.23. The molecule has 0 saturated carbocycles. The molecule has 0 unspecified atom stereocenters. The Kier molecular flexibility index (Phi) is 6.03. The van der Waals surface area contributed by atoms with E-state index in [4.69, 9.17) is 9.52 Å². The Bertz CT molecular complexity index is 289. The molecule has 16 heavy (non-hydrogen) atoms. The molecule has 0 aliphatic heterocycles. The molecule has 0 amide bonds. The summed E-state index contributed by atoms with van der Waals surface area (Å²) in [7, 11) is 0. The van der Waals surface area contributed by atoms with Crippen LogP contribution in [0.25, 0.3) is 0 Å². The number of hydrogen-bond acceptors (Lipinski definition) is 5. The van der Waals surface area contributed by atoms with Crippen LogP contribution in [0, 0.1) is 0 Å². The van der Waals surface area contributed by atoms with Gasteiger partial charge in [0.2, 0.25) is 11.8 Å². The molecule has 0 aromatic carbocycles. The summed E-state index contributed by atoms with van der Waals surface area (Å²) in [6.45, 7) is 6.55. The zero-order valence-electron chi connectivity index (χ0n) is 10.1. The third-order valence-corrected chi connectivity index (χ3v) is 2.41. The van der Waals surface area contributed by atoms with Gasteiger partial charge in [0, 0.05) is 13.0 Å². The van der Waals surface area contributed by atoms with Crippen molar-refractivity contribution in [1.82, 2.24) is 15.1 Å². The van der Waals surface area contributed by atoms with Gasteiger partial charge < -0.3 is 9.52 Å². The Balaban J connectivity index is 2.46. The molecule has 0 bridgehead atoms. The lowest BCUT2D eigenvalue weighted by atomic mass is 10.3. The molecule has 0 aliphatic rings. The summed E-state index contributed by atoms with van der Waals surface area (Å²) >= 11 is 0. The summed E-state index contributed by atoms with van der Waals surface area (Å²) in [6.07, 6.45) is 3.03. The van der Waals surface area contributed by atoms with E-state index in [2.05, 4.69) is 22.0 Å². The molecule has 0 aliphatic carbocycles. The van der Waals surface area contributed by atoms with Crippen molar-refractivity contribution in [3.05, 3.63) is 11.8 Å². The highest BCUT2D eigenvalue weighted by Crippen LogP contribution is 2.05. The predicted molar refractivity (Wildman–Crippen MR) is 60.9 cm³/mol. The second kappa shape index (κ2) is 7.35. The molecule has 0 fully saturated rings. The molecule has 0 radical (unpaired) electrons. The van der Waals surface area contributed by atoms with Crippen LogP contribution in [0.1, 0.15) is 38.5 Å². The van der Waals surface area contributed by atoms with E-state index in [1.54, 1.807) is 0 Å². The first-order valence-electron chi connectivity index (χ1n) is 5.94. The summed E-state index contributed by atoms with van der Waals surface area (Å²) in [5, 5.41) is 16.9. The average Bonchev–Trinajstić information content (AvgIpc) is 2.74. The molecule has 5 heteroatoms. The van der Waals surface area contributed by atoms with E-state index in [0.29, 0.717) is 24.9 Å². The van der Waals surface area contributed by atoms with Crippen molar-refractivity contribution in [1.29, 1.82) is 0 Å². The fraction of sp³-hybridized carbons (Fsp3) is 0.818. The van der Waals surface area contributed by atoms with Gasteiger partial charge in [-0.2, -0.15) is 0 Å². The van der Waals surface area contributed by atoms with Gasteiger partial charge in [-0.15, -0.1) is 10.2 Å². The molecule has 1 heterocycles. The molecule has 5 nitrogen and oxygen atoms in total. The van der Waals surface area contributed by atoms with Gasteiger partial charge in [0.15, 0.2) is 0 Å². The van der Waals surface area contributed by atoms with E-state index in [9.17, 15) is 0 Å². The molecule has 1 rings (SSSR count). The smallest absolute Gasteiger partial charge is 0.230 e. The molecular weight excluding hydrogens is 206 g/mol. The van der Waals surface area contributed by atoms with Crippen LogP contribution in [0.3, 0.4) is 0 Å². The van der Waals surface area contributed by atoms with E-state index >= 15 is 0 Å². The third-order valence-electron chi connectivity index (χ3n) is 2.41. The molecule has 0 atom stereocenters. The first-order chi connectivity index (χ1) is 7.80. The third kappa shape index (κ3) is 4.28. The van der Waals surface area contributed by atoms with Crippen LogP contribution in [0.15, 0.2) is 4.42 Å². The summed E-state index contributed by atoms with van der Waals surface area (Å²) in [4.78, 5) is 2.14. The summed E-state index contributed by atoms with van der Waals surface area (Å²) in [6, 6.07) is 0. The number of unbranched alkanes of at least 4 members (excludes halogenated alkanes) is 1. The van der Waals surface area contributed by atoms with E-state index < -0.39 is 0 Å². The first-order valence-corrected chi connectivity index (χ1v) is 5.94. The summed E-state index contributed by atoms with van der Waals surface area (Å²) in [5.41, 5.74) is 0. The topological polar surface area (TPSA) is 62.4 Å². The number of hydrogen-bond donors (Lipinski definition) is 1. The lowest BCUT2D eigenvalue weighted by molar-refractivity contribution is 0.176. The number of aliphatic hydroxyl groups excluding tert-OH is 1. The number of aryl methyl sites for hydroxylation is 1. The maximum Gasteiger partial charge on any atom is 0.230 e. The minimum Gasteiger partial charge on any atom is -0.424 e. The largest absolute Gasteiger partial charge is 0.424 e. The molecular formula is C11H21N3O2. The second-order valence-electron chi connectivity index (χ2n) is 3.80. The van der Waals surface area contributed by atoms with Crippen molar-refractivity contribution < 1.29 is 9.52 Å². The maximum atomic E-state index is 8.96. The van der Waals surface area contributed by atoms with Gasteiger partial charge in [0.25, 0.3) is 0 Å². The normalized spacial score (nSPS) is 11.2. The fourth-order valence-corrected chi connectivity index (χ4v) is 1.48. The van der Waals surface area contributed by atoms with E-state index in [1.165, 1.54) is 0 Å². The number of nitrogens with zero attached hydrogens (tertiary/aromatic N) is 3. The van der Waals surface area contributed by atoms with Gasteiger partial charge >= 0.3 is 0 Å². The van der Waals surface area contributed by atoms with Crippen LogP contribution >= 0.6 is 0 Å². The van der Waals surface area contributed by atoms with Crippen molar-refractivity contribution in [3.63, 3.8) is 0 Å². The number of aromatic nitrogens is 2. The maximum absolute atomic E-state index is 8.96. The monoisotopic (exact) mass is 227 g/mol. The standard InChI is InChI=1S/C11H21N3O2/c1-3-5-6-14(7-8-15)9-11-13-12-10(4-2)16-11/h15H,3-9H2,1-2H3. The van der Waals surface area contributed by atoms with Crippen LogP contribution in [0.2, 0.25) is 0 Å². The van der Waals surface area contributed by atoms with Crippen LogP contribution in [-0.4, -0.2) is 39.9 Å². The van der Waals surface area contributed by atoms with Crippen molar-refractivity contribution >= 4 is 0 Å². The molecule has 1 aromatic rings. The second-order valence-corrected chi connectivity index (χ2v) is 3.80. The zero-order chi connectivity index (χ0) is 11.8. The quantitative estimate of drug-likeness (QED) is 0.723. The number of rotatable bonds is 8. The average molecular weight is 227 g/mol. The van der Waals surface area contributed by atoms with E-state index in [1.807, 2.05) is 6.92 Å². The minimum absolute atomic E-state index is 0.165. The SMILES string of the molecule is CCCCN(CCO)Cc1nnc(CC)o1. The van der Waals surface area contributed by atoms with Gasteiger partial charge in [-0.05, 0) is 13.0 Å². The van der Waals surface area contributed by atoms with Gasteiger partial charge in [-0.25, -0.2) is 0 Å². The molecule has 92 valence electrons. The molecule has 0 spiro atoms. The minimum atomic E-state index is 0.165. The molecule has 1 N–H and O–H groups in total. The highest BCUT2D eigenvalue weighted by Gasteiger charge is 2.10. The first kappa shape index (κ1) is 13.1. The highest BCUT2D eigenvalue weighted by atomic mass is 16.4. The van der Waals surface area contributed by atoms with Gasteiger partial charge in [0.1, 0.15) is 0 Å².